The van der Waals surface area contributed by atoms with E-state index in [0.29, 0.717) is 19.8 Å². The molecule has 0 fully saturated rings. The maximum Gasteiger partial charge on any atom is 0.430 e. The normalized spacial score (nSPS) is 12.2. The van der Waals surface area contributed by atoms with Gasteiger partial charge in [-0.05, 0) is 44.5 Å². The lowest BCUT2D eigenvalue weighted by Gasteiger charge is -2.19. The second-order valence-corrected chi connectivity index (χ2v) is 7.25. The Bertz CT molecular complexity index is 296. The smallest absolute Gasteiger partial charge is 0.430 e. The summed E-state index contributed by atoms with van der Waals surface area (Å²) in [6.07, 6.45) is 7.70. The Hall–Kier alpha value is -0.110. The third-order valence-electron chi connectivity index (χ3n) is 3.50. The summed E-state index contributed by atoms with van der Waals surface area (Å²) in [4.78, 5) is 11.9. The molecule has 0 aromatic rings. The highest BCUT2D eigenvalue weighted by molar-refractivity contribution is 8.06. The molecule has 0 saturated heterocycles. The fourth-order valence-corrected chi connectivity index (χ4v) is 2.97. The molecule has 0 aromatic heterocycles. The standard InChI is InChI=1S/C17H35NO4S2/c1-4-7-8-9-10-11-14-24-18(23)17(19)22-15-16(5-2)21-13-12-20-6-3/h16,23H,4-15H2,1-3H3. The number of hydrogen-bond donors (Lipinski definition) is 1. The van der Waals surface area contributed by atoms with E-state index in [0.717, 1.165) is 18.6 Å². The van der Waals surface area contributed by atoms with Crippen molar-refractivity contribution in [3.8, 4) is 0 Å². The molecule has 24 heavy (non-hydrogen) atoms. The number of thiol groups is 1. The summed E-state index contributed by atoms with van der Waals surface area (Å²) in [6.45, 7) is 8.17. The van der Waals surface area contributed by atoms with E-state index in [2.05, 4.69) is 19.7 Å². The minimum absolute atomic E-state index is 0.0975. The zero-order valence-electron chi connectivity index (χ0n) is 15.5. The largest absolute Gasteiger partial charge is 0.445 e. The van der Waals surface area contributed by atoms with E-state index in [4.69, 9.17) is 14.2 Å². The quantitative estimate of drug-likeness (QED) is 0.229. The van der Waals surface area contributed by atoms with Gasteiger partial charge < -0.3 is 14.2 Å². The van der Waals surface area contributed by atoms with Gasteiger partial charge in [0.25, 0.3) is 0 Å². The number of rotatable bonds is 16. The molecule has 5 nitrogen and oxygen atoms in total. The molecule has 0 bridgehead atoms. The Kier molecular flexibility index (Phi) is 17.6. The fraction of sp³-hybridized carbons (Fsp3) is 0.941. The number of ether oxygens (including phenoxy) is 3. The molecule has 0 spiro atoms. The summed E-state index contributed by atoms with van der Waals surface area (Å²) >= 11 is 5.57. The number of carbonyl (C=O) groups excluding carboxylic acids is 1. The molecule has 0 rings (SSSR count). The summed E-state index contributed by atoms with van der Waals surface area (Å²) in [5, 5.41) is 0. The molecule has 0 N–H and O–H groups in total. The van der Waals surface area contributed by atoms with Crippen LogP contribution in [0.4, 0.5) is 4.79 Å². The van der Waals surface area contributed by atoms with Gasteiger partial charge in [-0.25, -0.2) is 4.79 Å². The topological polar surface area (TPSA) is 48.0 Å². The van der Waals surface area contributed by atoms with Gasteiger partial charge in [0.1, 0.15) is 6.61 Å². The minimum atomic E-state index is -0.429. The number of hydrogen-bond acceptors (Lipinski definition) is 6. The second kappa shape index (κ2) is 17.7. The van der Waals surface area contributed by atoms with Crippen molar-refractivity contribution < 1.29 is 19.0 Å². The monoisotopic (exact) mass is 381 g/mol. The molecule has 1 amide bonds. The zero-order valence-corrected chi connectivity index (χ0v) is 17.2. The highest BCUT2D eigenvalue weighted by Gasteiger charge is 2.15. The molecule has 1 atom stereocenters. The van der Waals surface area contributed by atoms with E-state index in [9.17, 15) is 4.79 Å². The van der Waals surface area contributed by atoms with Gasteiger partial charge in [0, 0.05) is 12.4 Å². The van der Waals surface area contributed by atoms with Crippen molar-refractivity contribution in [1.29, 1.82) is 0 Å². The van der Waals surface area contributed by atoms with Crippen LogP contribution in [-0.2, 0) is 14.2 Å². The van der Waals surface area contributed by atoms with Gasteiger partial charge in [0.05, 0.1) is 19.3 Å². The van der Waals surface area contributed by atoms with Gasteiger partial charge in [0.15, 0.2) is 0 Å². The van der Waals surface area contributed by atoms with Crippen molar-refractivity contribution in [3.63, 3.8) is 0 Å². The van der Waals surface area contributed by atoms with E-state index in [1.807, 2.05) is 13.8 Å². The number of carbonyl (C=O) groups is 1. The number of unbranched alkanes of at least 4 members (excludes halogenated alkanes) is 5. The highest BCUT2D eigenvalue weighted by atomic mass is 32.2. The first-order chi connectivity index (χ1) is 11.7. The van der Waals surface area contributed by atoms with Crippen molar-refractivity contribution in [2.24, 2.45) is 0 Å². The maximum absolute atomic E-state index is 11.9. The lowest BCUT2D eigenvalue weighted by Crippen LogP contribution is -2.26. The summed E-state index contributed by atoms with van der Waals surface area (Å²) in [5.74, 6) is 0.882. The molecule has 7 heteroatoms. The van der Waals surface area contributed by atoms with Gasteiger partial charge in [0.2, 0.25) is 0 Å². The average Bonchev–Trinajstić information content (AvgIpc) is 2.59. The van der Waals surface area contributed by atoms with Gasteiger partial charge >= 0.3 is 6.09 Å². The molecule has 0 saturated carbocycles. The SMILES string of the molecule is CCCCCCCCSN(S)C(=O)OCC(CC)OCCOCC. The Morgan fingerprint density at radius 1 is 1.08 bits per heavy atom. The van der Waals surface area contributed by atoms with Crippen LogP contribution in [0.5, 0.6) is 0 Å². The molecule has 1 unspecified atom stereocenters. The number of nitrogens with zero attached hydrogens (tertiary/aromatic N) is 1. The Morgan fingerprint density at radius 2 is 1.79 bits per heavy atom. The van der Waals surface area contributed by atoms with Crippen molar-refractivity contribution >= 4 is 30.9 Å². The number of amides is 1. The van der Waals surface area contributed by atoms with E-state index in [-0.39, 0.29) is 12.7 Å². The van der Waals surface area contributed by atoms with Gasteiger partial charge in [-0.2, -0.15) is 3.71 Å². The molecule has 0 aliphatic carbocycles. The molecular weight excluding hydrogens is 346 g/mol. The van der Waals surface area contributed by atoms with Crippen molar-refractivity contribution in [3.05, 3.63) is 0 Å². The van der Waals surface area contributed by atoms with Crippen LogP contribution in [0.2, 0.25) is 0 Å². The van der Waals surface area contributed by atoms with E-state index in [1.165, 1.54) is 47.8 Å². The first-order valence-corrected chi connectivity index (χ1v) is 10.5. The van der Waals surface area contributed by atoms with E-state index < -0.39 is 6.09 Å². The molecule has 0 aliphatic rings. The zero-order chi connectivity index (χ0) is 18.0. The third kappa shape index (κ3) is 14.3. The van der Waals surface area contributed by atoms with Crippen LogP contribution in [0.1, 0.15) is 65.7 Å². The van der Waals surface area contributed by atoms with Crippen molar-refractivity contribution in [2.45, 2.75) is 71.8 Å². The fourth-order valence-electron chi connectivity index (χ4n) is 2.01. The Labute approximate surface area is 157 Å². The van der Waals surface area contributed by atoms with Crippen molar-refractivity contribution in [2.75, 3.05) is 32.2 Å². The van der Waals surface area contributed by atoms with Crippen LogP contribution in [0.25, 0.3) is 0 Å². The summed E-state index contributed by atoms with van der Waals surface area (Å²) < 4.78 is 17.4. The highest BCUT2D eigenvalue weighted by Crippen LogP contribution is 2.18. The summed E-state index contributed by atoms with van der Waals surface area (Å²) in [7, 11) is 0. The summed E-state index contributed by atoms with van der Waals surface area (Å²) in [5.41, 5.74) is 0. The average molecular weight is 382 g/mol. The van der Waals surface area contributed by atoms with Gasteiger partial charge in [-0.1, -0.05) is 46.0 Å². The van der Waals surface area contributed by atoms with E-state index >= 15 is 0 Å². The van der Waals surface area contributed by atoms with Crippen LogP contribution in [0.15, 0.2) is 0 Å². The first kappa shape index (κ1) is 23.9. The van der Waals surface area contributed by atoms with Crippen LogP contribution in [-0.4, -0.2) is 48.1 Å². The molecule has 0 aromatic carbocycles. The van der Waals surface area contributed by atoms with Crippen molar-refractivity contribution in [1.82, 2.24) is 3.71 Å². The molecular formula is C17H35NO4S2. The lowest BCUT2D eigenvalue weighted by atomic mass is 10.1. The Balaban J connectivity index is 3.68. The minimum Gasteiger partial charge on any atom is -0.445 e. The molecule has 0 aliphatic heterocycles. The van der Waals surface area contributed by atoms with Crippen LogP contribution >= 0.6 is 24.8 Å². The van der Waals surface area contributed by atoms with Crippen LogP contribution in [0.3, 0.4) is 0 Å². The van der Waals surface area contributed by atoms with Gasteiger partial charge in [-0.15, -0.1) is 0 Å². The molecule has 144 valence electrons. The molecule has 0 radical (unpaired) electrons. The lowest BCUT2D eigenvalue weighted by molar-refractivity contribution is -0.0231. The Morgan fingerprint density at radius 3 is 2.46 bits per heavy atom. The molecule has 0 heterocycles. The predicted octanol–water partition coefficient (Wildman–Crippen LogP) is 5.11. The van der Waals surface area contributed by atoms with Gasteiger partial charge in [-0.3, -0.25) is 0 Å². The third-order valence-corrected chi connectivity index (χ3v) is 4.88. The second-order valence-electron chi connectivity index (χ2n) is 5.55. The van der Waals surface area contributed by atoms with E-state index in [1.54, 1.807) is 0 Å². The van der Waals surface area contributed by atoms with Crippen LogP contribution in [0, 0.1) is 0 Å². The predicted molar refractivity (Wildman–Crippen MR) is 105 cm³/mol. The maximum atomic E-state index is 11.9. The van der Waals surface area contributed by atoms with Crippen LogP contribution < -0.4 is 0 Å². The first-order valence-electron chi connectivity index (χ1n) is 9.13. The summed E-state index contributed by atoms with van der Waals surface area (Å²) in [6, 6.07) is 0.